The molecule has 0 aliphatic rings. The topological polar surface area (TPSA) is 117 Å². The predicted molar refractivity (Wildman–Crippen MR) is 63.7 cm³/mol. The van der Waals surface area contributed by atoms with Crippen LogP contribution in [0.1, 0.15) is 10.4 Å². The number of nitrogens with zero attached hydrogens (tertiary/aromatic N) is 3. The van der Waals surface area contributed by atoms with Crippen molar-refractivity contribution in [2.24, 2.45) is 0 Å². The maximum Gasteiger partial charge on any atom is 0.337 e. The molecule has 2 rings (SSSR count). The Bertz CT molecular complexity index is 618. The molecule has 98 valence electrons. The molecule has 0 bridgehead atoms. The lowest BCUT2D eigenvalue weighted by Crippen LogP contribution is -2.21. The van der Waals surface area contributed by atoms with E-state index in [1.54, 1.807) is 0 Å². The molecule has 0 atom stereocenters. The highest BCUT2D eigenvalue weighted by Crippen LogP contribution is 2.17. The van der Waals surface area contributed by atoms with Gasteiger partial charge in [-0.1, -0.05) is 9.59 Å². The summed E-state index contributed by atoms with van der Waals surface area (Å²) in [7, 11) is 0. The zero-order valence-electron chi connectivity index (χ0n) is 9.12. The second-order valence-electron chi connectivity index (χ2n) is 3.24. The molecule has 0 spiro atoms. The minimum atomic E-state index is -1.35. The lowest BCUT2D eigenvalue weighted by atomic mass is 10.2. The van der Waals surface area contributed by atoms with Crippen LogP contribution in [0.5, 0.6) is 0 Å². The summed E-state index contributed by atoms with van der Waals surface area (Å²) in [6.07, 6.45) is 0. The molecular weight excluding hydrogens is 277 g/mol. The molecule has 3 N–H and O–H groups in total. The third-order valence-corrected chi connectivity index (χ3v) is 2.49. The van der Waals surface area contributed by atoms with Crippen molar-refractivity contribution in [2.45, 2.75) is 0 Å². The molecule has 1 heterocycles. The number of nitrogens with one attached hydrogen (secondary N) is 2. The number of benzene rings is 1. The molecule has 1 aromatic carbocycles. The number of rotatable bonds is 3. The molecule has 0 radical (unpaired) electrons. The molecule has 2 aromatic rings. The van der Waals surface area contributed by atoms with Crippen molar-refractivity contribution in [3.63, 3.8) is 0 Å². The van der Waals surface area contributed by atoms with E-state index in [2.05, 4.69) is 25.4 Å². The van der Waals surface area contributed by atoms with E-state index in [0.717, 1.165) is 29.7 Å². The van der Waals surface area contributed by atoms with Gasteiger partial charge in [0.05, 0.1) is 11.3 Å². The quantitative estimate of drug-likeness (QED) is 0.784. The Labute approximate surface area is 109 Å². The van der Waals surface area contributed by atoms with E-state index in [1.165, 1.54) is 0 Å². The average molecular weight is 283 g/mol. The molecule has 2 amide bonds. The number of urea groups is 1. The van der Waals surface area contributed by atoms with Crippen LogP contribution in [-0.2, 0) is 0 Å². The normalized spacial score (nSPS) is 9.95. The summed E-state index contributed by atoms with van der Waals surface area (Å²) in [6, 6.07) is 2.27. The lowest BCUT2D eigenvalue weighted by molar-refractivity contribution is 0.0697. The fourth-order valence-corrected chi connectivity index (χ4v) is 1.60. The lowest BCUT2D eigenvalue weighted by Gasteiger charge is -2.08. The molecule has 8 nitrogen and oxygen atoms in total. The highest BCUT2D eigenvalue weighted by Gasteiger charge is 2.14. The number of carbonyl (C=O) groups excluding carboxylic acids is 1. The van der Waals surface area contributed by atoms with E-state index >= 15 is 0 Å². The number of aromatic carboxylic acids is 1. The van der Waals surface area contributed by atoms with E-state index in [1.807, 2.05) is 0 Å². The van der Waals surface area contributed by atoms with Crippen LogP contribution in [0.4, 0.5) is 20.0 Å². The first kappa shape index (κ1) is 12.8. The third-order valence-electron chi connectivity index (χ3n) is 1.98. The number of amides is 2. The van der Waals surface area contributed by atoms with Crippen LogP contribution >= 0.6 is 11.5 Å². The summed E-state index contributed by atoms with van der Waals surface area (Å²) in [4.78, 5) is 22.4. The van der Waals surface area contributed by atoms with Crippen LogP contribution < -0.4 is 10.6 Å². The molecule has 0 saturated carbocycles. The van der Waals surface area contributed by atoms with Crippen LogP contribution in [0.25, 0.3) is 0 Å². The first-order valence-electron chi connectivity index (χ1n) is 4.82. The van der Waals surface area contributed by atoms with Crippen molar-refractivity contribution in [1.82, 2.24) is 14.8 Å². The fraction of sp³-hybridized carbons (Fsp3) is 0. The van der Waals surface area contributed by atoms with Crippen molar-refractivity contribution in [3.8, 4) is 0 Å². The highest BCUT2D eigenvalue weighted by molar-refractivity contribution is 7.09. The summed E-state index contributed by atoms with van der Waals surface area (Å²) in [5.74, 6) is -2.07. The number of hydrogen-bond donors (Lipinski definition) is 3. The van der Waals surface area contributed by atoms with E-state index < -0.39 is 17.8 Å². The number of halogens is 1. The van der Waals surface area contributed by atoms with Gasteiger partial charge in [0.2, 0.25) is 5.13 Å². The molecular formula is C9H6FN5O3S. The number of anilines is 2. The molecule has 1 aromatic heterocycles. The van der Waals surface area contributed by atoms with Crippen molar-refractivity contribution < 1.29 is 19.1 Å². The second-order valence-corrected chi connectivity index (χ2v) is 3.97. The number of hydrogen-bond acceptors (Lipinski definition) is 6. The van der Waals surface area contributed by atoms with Crippen molar-refractivity contribution in [2.75, 3.05) is 10.6 Å². The Morgan fingerprint density at radius 2 is 2.11 bits per heavy atom. The summed E-state index contributed by atoms with van der Waals surface area (Å²) in [5.41, 5.74) is -0.394. The van der Waals surface area contributed by atoms with E-state index in [4.69, 9.17) is 5.11 Å². The first-order chi connectivity index (χ1) is 9.06. The largest absolute Gasteiger partial charge is 0.478 e. The second kappa shape index (κ2) is 5.35. The SMILES string of the molecule is O=C(Nc1nnns1)Nc1ccc(F)cc1C(=O)O. The van der Waals surface area contributed by atoms with Gasteiger partial charge in [-0.15, -0.1) is 0 Å². The molecule has 0 aliphatic heterocycles. The van der Waals surface area contributed by atoms with Crippen molar-refractivity contribution in [3.05, 3.63) is 29.6 Å². The molecule has 0 fully saturated rings. The summed E-state index contributed by atoms with van der Waals surface area (Å²) in [6.45, 7) is 0. The summed E-state index contributed by atoms with van der Waals surface area (Å²) in [5, 5.41) is 20.4. The maximum atomic E-state index is 12.9. The van der Waals surface area contributed by atoms with Gasteiger partial charge < -0.3 is 10.4 Å². The van der Waals surface area contributed by atoms with Crippen molar-refractivity contribution >= 4 is 34.4 Å². The minimum Gasteiger partial charge on any atom is -0.478 e. The molecule has 0 saturated heterocycles. The Balaban J connectivity index is 2.14. The molecule has 10 heteroatoms. The van der Waals surface area contributed by atoms with Crippen LogP contribution in [0.15, 0.2) is 18.2 Å². The Hall–Kier alpha value is -2.62. The van der Waals surface area contributed by atoms with Gasteiger partial charge in [0.1, 0.15) is 5.82 Å². The first-order valence-corrected chi connectivity index (χ1v) is 5.59. The van der Waals surface area contributed by atoms with Crippen LogP contribution in [0.2, 0.25) is 0 Å². The van der Waals surface area contributed by atoms with Gasteiger partial charge in [0.25, 0.3) is 0 Å². The molecule has 19 heavy (non-hydrogen) atoms. The van der Waals surface area contributed by atoms with Crippen LogP contribution in [-0.4, -0.2) is 31.9 Å². The van der Waals surface area contributed by atoms with Crippen LogP contribution in [0.3, 0.4) is 0 Å². The Morgan fingerprint density at radius 1 is 1.32 bits per heavy atom. The number of aromatic nitrogens is 3. The highest BCUT2D eigenvalue weighted by atomic mass is 32.1. The Morgan fingerprint density at radius 3 is 2.74 bits per heavy atom. The smallest absolute Gasteiger partial charge is 0.337 e. The Kier molecular flexibility index (Phi) is 3.61. The van der Waals surface area contributed by atoms with Gasteiger partial charge in [-0.3, -0.25) is 5.32 Å². The van der Waals surface area contributed by atoms with Crippen molar-refractivity contribution in [1.29, 1.82) is 0 Å². The van der Waals surface area contributed by atoms with Gasteiger partial charge in [0.15, 0.2) is 0 Å². The van der Waals surface area contributed by atoms with Gasteiger partial charge >= 0.3 is 12.0 Å². The summed E-state index contributed by atoms with van der Waals surface area (Å²) < 4.78 is 16.4. The van der Waals surface area contributed by atoms with E-state index in [0.29, 0.717) is 0 Å². The zero-order valence-corrected chi connectivity index (χ0v) is 9.94. The monoisotopic (exact) mass is 283 g/mol. The number of carboxylic acid groups (broad SMARTS) is 1. The summed E-state index contributed by atoms with van der Waals surface area (Å²) >= 11 is 0.854. The average Bonchev–Trinajstić information content (AvgIpc) is 2.83. The van der Waals surface area contributed by atoms with E-state index in [9.17, 15) is 14.0 Å². The molecule has 0 aliphatic carbocycles. The third kappa shape index (κ3) is 3.19. The number of carboxylic acids is 1. The van der Waals surface area contributed by atoms with Gasteiger partial charge in [-0.05, 0) is 23.4 Å². The minimum absolute atomic E-state index is 0.0381. The number of carbonyl (C=O) groups is 2. The fourth-order valence-electron chi connectivity index (χ4n) is 1.23. The standard InChI is InChI=1S/C9H6FN5O3S/c10-4-1-2-6(5(3-4)7(16)17)11-8(18)12-9-13-14-15-19-9/h1-3H,(H,16,17)(H2,11,12,13,15,18). The van der Waals surface area contributed by atoms with Gasteiger partial charge in [-0.25, -0.2) is 14.0 Å². The van der Waals surface area contributed by atoms with E-state index in [-0.39, 0.29) is 16.4 Å². The maximum absolute atomic E-state index is 12.9. The molecule has 0 unspecified atom stereocenters. The predicted octanol–water partition coefficient (Wildman–Crippen LogP) is 1.41. The van der Waals surface area contributed by atoms with Crippen LogP contribution in [0, 0.1) is 5.82 Å². The van der Waals surface area contributed by atoms with Gasteiger partial charge in [0, 0.05) is 11.5 Å². The van der Waals surface area contributed by atoms with Gasteiger partial charge in [-0.2, -0.15) is 0 Å². The zero-order chi connectivity index (χ0) is 13.8.